The highest BCUT2D eigenvalue weighted by Gasteiger charge is 2.15. The Labute approximate surface area is 124 Å². The van der Waals surface area contributed by atoms with Crippen molar-refractivity contribution in [3.63, 3.8) is 0 Å². The van der Waals surface area contributed by atoms with Crippen LogP contribution in [0.3, 0.4) is 0 Å². The summed E-state index contributed by atoms with van der Waals surface area (Å²) >= 11 is 24.1. The van der Waals surface area contributed by atoms with E-state index in [1.54, 1.807) is 18.2 Å². The average Bonchev–Trinajstić information content (AvgIpc) is 2.29. The third kappa shape index (κ3) is 2.73. The van der Waals surface area contributed by atoms with Gasteiger partial charge in [-0.3, -0.25) is 4.98 Å². The van der Waals surface area contributed by atoms with Gasteiger partial charge in [-0.25, -0.2) is 0 Å². The molecule has 0 bridgehead atoms. The predicted molar refractivity (Wildman–Crippen MR) is 75.6 cm³/mol. The second-order valence-corrected chi connectivity index (χ2v) is 5.23. The van der Waals surface area contributed by atoms with E-state index in [1.165, 1.54) is 6.20 Å². The lowest BCUT2D eigenvalue weighted by atomic mass is 10.1. The molecule has 0 aliphatic carbocycles. The summed E-state index contributed by atoms with van der Waals surface area (Å²) in [7, 11) is 0. The number of benzene rings is 1. The third-order valence-corrected chi connectivity index (χ3v) is 3.43. The summed E-state index contributed by atoms with van der Waals surface area (Å²) in [6.45, 7) is -0.130. The minimum Gasteiger partial charge on any atom is -0.392 e. The molecule has 0 aliphatic heterocycles. The molecule has 2 nitrogen and oxygen atoms in total. The monoisotopic (exact) mass is 321 g/mol. The molecular formula is C12H7Cl4NO. The van der Waals surface area contributed by atoms with Crippen molar-refractivity contribution in [3.8, 4) is 11.3 Å². The molecule has 0 aliphatic rings. The molecule has 1 aromatic heterocycles. The molecule has 94 valence electrons. The number of rotatable bonds is 2. The fraction of sp³-hybridized carbons (Fsp3) is 0.0833. The molecule has 0 radical (unpaired) electrons. The van der Waals surface area contributed by atoms with Gasteiger partial charge >= 0.3 is 0 Å². The smallest absolute Gasteiger partial charge is 0.0918 e. The van der Waals surface area contributed by atoms with E-state index in [1.807, 2.05) is 0 Å². The Morgan fingerprint density at radius 1 is 0.944 bits per heavy atom. The van der Waals surface area contributed by atoms with Crippen LogP contribution in [0, 0.1) is 0 Å². The van der Waals surface area contributed by atoms with Crippen molar-refractivity contribution >= 4 is 46.4 Å². The SMILES string of the molecule is OCc1cnc(-c2c(Cl)cc(Cl)cc2Cl)c(Cl)c1. The van der Waals surface area contributed by atoms with Gasteiger partial charge in [0.2, 0.25) is 0 Å². The predicted octanol–water partition coefficient (Wildman–Crippen LogP) is 4.85. The molecule has 6 heteroatoms. The maximum Gasteiger partial charge on any atom is 0.0918 e. The summed E-state index contributed by atoms with van der Waals surface area (Å²) in [6.07, 6.45) is 1.52. The Kier molecular flexibility index (Phi) is 4.36. The first kappa shape index (κ1) is 13.9. The summed E-state index contributed by atoms with van der Waals surface area (Å²) in [5, 5.41) is 10.6. The van der Waals surface area contributed by atoms with E-state index in [0.29, 0.717) is 36.9 Å². The Bertz CT molecular complexity index is 578. The highest BCUT2D eigenvalue weighted by atomic mass is 35.5. The van der Waals surface area contributed by atoms with Crippen LogP contribution in [0.2, 0.25) is 20.1 Å². The molecule has 2 aromatic rings. The Balaban J connectivity index is 2.62. The molecule has 1 heterocycles. The average molecular weight is 323 g/mol. The van der Waals surface area contributed by atoms with Crippen LogP contribution in [0.4, 0.5) is 0 Å². The van der Waals surface area contributed by atoms with E-state index in [4.69, 9.17) is 51.5 Å². The normalized spacial score (nSPS) is 10.7. The van der Waals surface area contributed by atoms with Crippen LogP contribution in [0.1, 0.15) is 5.56 Å². The second-order valence-electron chi connectivity index (χ2n) is 3.58. The lowest BCUT2D eigenvalue weighted by molar-refractivity contribution is 0.281. The molecule has 0 fully saturated rings. The number of aliphatic hydroxyl groups excluding tert-OH is 1. The molecule has 0 atom stereocenters. The zero-order chi connectivity index (χ0) is 13.3. The van der Waals surface area contributed by atoms with Gasteiger partial charge in [0.05, 0.1) is 27.4 Å². The number of halogens is 4. The summed E-state index contributed by atoms with van der Waals surface area (Å²) in [5.41, 5.74) is 1.60. The van der Waals surface area contributed by atoms with Gasteiger partial charge in [0.1, 0.15) is 0 Å². The second kappa shape index (κ2) is 5.64. The molecule has 0 saturated carbocycles. The van der Waals surface area contributed by atoms with Gasteiger partial charge in [-0.2, -0.15) is 0 Å². The van der Waals surface area contributed by atoms with Crippen LogP contribution in [0.15, 0.2) is 24.4 Å². The van der Waals surface area contributed by atoms with Crippen LogP contribution in [0.25, 0.3) is 11.3 Å². The minimum atomic E-state index is -0.130. The molecule has 2 rings (SSSR count). The number of hydrogen-bond acceptors (Lipinski definition) is 2. The fourth-order valence-electron chi connectivity index (χ4n) is 1.52. The standard InChI is InChI=1S/C12H7Cl4NO/c13-7-2-8(14)11(9(15)3-7)12-10(16)1-6(5-18)4-17-12/h1-4,18H,5H2. The Morgan fingerprint density at radius 2 is 1.56 bits per heavy atom. The van der Waals surface area contributed by atoms with E-state index >= 15 is 0 Å². The number of pyridine rings is 1. The van der Waals surface area contributed by atoms with Gasteiger partial charge < -0.3 is 5.11 Å². The van der Waals surface area contributed by atoms with E-state index in [0.717, 1.165) is 0 Å². The van der Waals surface area contributed by atoms with Crippen molar-refractivity contribution in [3.05, 3.63) is 50.0 Å². The highest BCUT2D eigenvalue weighted by molar-refractivity contribution is 6.43. The van der Waals surface area contributed by atoms with Crippen molar-refractivity contribution in [1.82, 2.24) is 4.98 Å². The van der Waals surface area contributed by atoms with Gasteiger partial charge in [0.25, 0.3) is 0 Å². The van der Waals surface area contributed by atoms with Gasteiger partial charge in [-0.05, 0) is 23.8 Å². The van der Waals surface area contributed by atoms with Crippen LogP contribution in [-0.2, 0) is 6.61 Å². The van der Waals surface area contributed by atoms with E-state index < -0.39 is 0 Å². The lowest BCUT2D eigenvalue weighted by Crippen LogP contribution is -1.91. The minimum absolute atomic E-state index is 0.130. The van der Waals surface area contributed by atoms with Crippen LogP contribution in [0.5, 0.6) is 0 Å². The highest BCUT2D eigenvalue weighted by Crippen LogP contribution is 2.39. The van der Waals surface area contributed by atoms with Gasteiger partial charge in [-0.1, -0.05) is 46.4 Å². The first-order valence-corrected chi connectivity index (χ1v) is 6.44. The zero-order valence-corrected chi connectivity index (χ0v) is 11.9. The first-order valence-electron chi connectivity index (χ1n) is 4.93. The van der Waals surface area contributed by atoms with Crippen LogP contribution in [-0.4, -0.2) is 10.1 Å². The van der Waals surface area contributed by atoms with Crippen LogP contribution >= 0.6 is 46.4 Å². The molecule has 1 aromatic carbocycles. The maximum absolute atomic E-state index is 9.00. The summed E-state index contributed by atoms with van der Waals surface area (Å²) < 4.78 is 0. The number of aromatic nitrogens is 1. The maximum atomic E-state index is 9.00. The van der Waals surface area contributed by atoms with E-state index in [2.05, 4.69) is 4.98 Å². The quantitative estimate of drug-likeness (QED) is 0.857. The van der Waals surface area contributed by atoms with Crippen LogP contribution < -0.4 is 0 Å². The Morgan fingerprint density at radius 3 is 2.06 bits per heavy atom. The zero-order valence-electron chi connectivity index (χ0n) is 8.92. The number of hydrogen-bond donors (Lipinski definition) is 1. The topological polar surface area (TPSA) is 33.1 Å². The van der Waals surface area contributed by atoms with Crippen molar-refractivity contribution in [2.24, 2.45) is 0 Å². The van der Waals surface area contributed by atoms with Crippen molar-refractivity contribution in [2.45, 2.75) is 6.61 Å². The molecule has 0 unspecified atom stereocenters. The largest absolute Gasteiger partial charge is 0.392 e. The summed E-state index contributed by atoms with van der Waals surface area (Å²) in [4.78, 5) is 4.17. The first-order chi connectivity index (χ1) is 8.52. The van der Waals surface area contributed by atoms with Gasteiger partial charge in [-0.15, -0.1) is 0 Å². The number of nitrogens with zero attached hydrogens (tertiary/aromatic N) is 1. The van der Waals surface area contributed by atoms with Crippen molar-refractivity contribution in [1.29, 1.82) is 0 Å². The van der Waals surface area contributed by atoms with Gasteiger partial charge in [0.15, 0.2) is 0 Å². The van der Waals surface area contributed by atoms with Crippen molar-refractivity contribution in [2.75, 3.05) is 0 Å². The Hall–Kier alpha value is -0.510. The fourth-order valence-corrected chi connectivity index (χ4v) is 2.80. The van der Waals surface area contributed by atoms with Crippen molar-refractivity contribution < 1.29 is 5.11 Å². The number of aliphatic hydroxyl groups is 1. The molecule has 0 saturated heterocycles. The summed E-state index contributed by atoms with van der Waals surface area (Å²) in [5.74, 6) is 0. The molecule has 18 heavy (non-hydrogen) atoms. The molecule has 0 spiro atoms. The van der Waals surface area contributed by atoms with E-state index in [9.17, 15) is 0 Å². The van der Waals surface area contributed by atoms with Gasteiger partial charge in [0, 0.05) is 16.8 Å². The molecular weight excluding hydrogens is 316 g/mol. The lowest BCUT2D eigenvalue weighted by Gasteiger charge is -2.09. The molecule has 1 N–H and O–H groups in total. The molecule has 0 amide bonds. The van der Waals surface area contributed by atoms with E-state index in [-0.39, 0.29) is 6.61 Å². The summed E-state index contributed by atoms with van der Waals surface area (Å²) in [6, 6.07) is 4.76. The third-order valence-electron chi connectivity index (χ3n) is 2.32.